The van der Waals surface area contributed by atoms with Gasteiger partial charge < -0.3 is 20.1 Å². The second kappa shape index (κ2) is 6.84. The van der Waals surface area contributed by atoms with Crippen LogP contribution in [-0.4, -0.2) is 60.3 Å². The molecule has 7 nitrogen and oxygen atoms in total. The maximum Gasteiger partial charge on any atom is 0.322 e. The van der Waals surface area contributed by atoms with Gasteiger partial charge in [-0.05, 0) is 0 Å². The van der Waals surface area contributed by atoms with Gasteiger partial charge in [-0.3, -0.25) is 0 Å². The zero-order valence-electron chi connectivity index (χ0n) is 10.1. The molecular weight excluding hydrogens is 248 g/mol. The molecule has 1 aromatic rings. The first-order chi connectivity index (χ1) is 8.60. The van der Waals surface area contributed by atoms with E-state index in [9.17, 15) is 8.78 Å². The number of methoxy groups -OCH3 is 1. The third-order valence-electron chi connectivity index (χ3n) is 2.02. The van der Waals surface area contributed by atoms with Crippen LogP contribution in [0.4, 0.5) is 20.7 Å². The molecule has 0 aliphatic carbocycles. The van der Waals surface area contributed by atoms with Crippen molar-refractivity contribution in [2.45, 2.75) is 6.43 Å². The lowest BCUT2D eigenvalue weighted by molar-refractivity contribution is 0.152. The molecule has 0 aliphatic rings. The number of ether oxygens (including phenoxy) is 1. The highest BCUT2D eigenvalue weighted by atomic mass is 19.3. The highest BCUT2D eigenvalue weighted by Gasteiger charge is 2.17. The van der Waals surface area contributed by atoms with Gasteiger partial charge in [0.15, 0.2) is 0 Å². The normalized spacial score (nSPS) is 10.6. The molecule has 0 aliphatic heterocycles. The summed E-state index contributed by atoms with van der Waals surface area (Å²) in [6.07, 6.45) is -2.56. The van der Waals surface area contributed by atoms with E-state index >= 15 is 0 Å². The molecule has 0 radical (unpaired) electrons. The Kier molecular flexibility index (Phi) is 5.43. The zero-order chi connectivity index (χ0) is 13.5. The number of nitrogens with one attached hydrogen (secondary N) is 1. The molecular formula is C9H15F2N5O2. The number of anilines is 2. The van der Waals surface area contributed by atoms with Crippen molar-refractivity contribution in [2.24, 2.45) is 0 Å². The third kappa shape index (κ3) is 3.91. The van der Waals surface area contributed by atoms with Crippen molar-refractivity contribution in [2.75, 3.05) is 44.1 Å². The summed E-state index contributed by atoms with van der Waals surface area (Å²) in [4.78, 5) is 12.8. The van der Waals surface area contributed by atoms with Crippen LogP contribution in [0.15, 0.2) is 0 Å². The Balaban J connectivity index is 3.01. The lowest BCUT2D eigenvalue weighted by atomic mass is 10.5. The van der Waals surface area contributed by atoms with Gasteiger partial charge in [0.1, 0.15) is 0 Å². The molecule has 0 spiro atoms. The summed E-state index contributed by atoms with van der Waals surface area (Å²) in [7, 11) is 2.95. The molecule has 0 fully saturated rings. The average Bonchev–Trinajstić information content (AvgIpc) is 2.37. The maximum absolute atomic E-state index is 12.4. The first-order valence-corrected chi connectivity index (χ1v) is 5.22. The predicted molar refractivity (Wildman–Crippen MR) is 61.2 cm³/mol. The van der Waals surface area contributed by atoms with Crippen LogP contribution >= 0.6 is 0 Å². The monoisotopic (exact) mass is 263 g/mol. The van der Waals surface area contributed by atoms with Gasteiger partial charge in [-0.25, -0.2) is 8.78 Å². The van der Waals surface area contributed by atoms with Crippen LogP contribution in [0.25, 0.3) is 0 Å². The predicted octanol–water partition coefficient (Wildman–Crippen LogP) is -0.0143. The van der Waals surface area contributed by atoms with Crippen LogP contribution in [0, 0.1) is 0 Å². The fraction of sp³-hybridized carbons (Fsp3) is 0.667. The Labute approximate surface area is 103 Å². The number of nitrogens with zero attached hydrogens (tertiary/aromatic N) is 4. The van der Waals surface area contributed by atoms with Crippen molar-refractivity contribution in [1.29, 1.82) is 0 Å². The summed E-state index contributed by atoms with van der Waals surface area (Å²) in [6, 6.07) is 0.0153. The Bertz CT molecular complexity index is 358. The minimum absolute atomic E-state index is 0.000657. The molecule has 1 aromatic heterocycles. The second-order valence-corrected chi connectivity index (χ2v) is 3.26. The Hall–Kier alpha value is -1.77. The number of hydrogen-bond donors (Lipinski definition) is 2. The largest absolute Gasteiger partial charge is 0.467 e. The number of hydrogen-bond acceptors (Lipinski definition) is 7. The molecule has 102 valence electrons. The van der Waals surface area contributed by atoms with Crippen molar-refractivity contribution in [1.82, 2.24) is 15.0 Å². The van der Waals surface area contributed by atoms with Crippen LogP contribution in [0.3, 0.4) is 0 Å². The highest BCUT2D eigenvalue weighted by molar-refractivity contribution is 5.38. The molecule has 18 heavy (non-hydrogen) atoms. The smallest absolute Gasteiger partial charge is 0.322 e. The van der Waals surface area contributed by atoms with Crippen LogP contribution < -0.4 is 15.0 Å². The van der Waals surface area contributed by atoms with E-state index in [1.54, 1.807) is 7.05 Å². The van der Waals surface area contributed by atoms with Crippen LogP contribution in [0.5, 0.6) is 6.01 Å². The van der Waals surface area contributed by atoms with E-state index in [1.165, 1.54) is 7.11 Å². The summed E-state index contributed by atoms with van der Waals surface area (Å²) >= 11 is 0. The molecule has 0 saturated heterocycles. The molecule has 0 saturated carbocycles. The summed E-state index contributed by atoms with van der Waals surface area (Å²) in [5, 5.41) is 11.5. The lowest BCUT2D eigenvalue weighted by Crippen LogP contribution is -2.33. The molecule has 0 aromatic carbocycles. The zero-order valence-corrected chi connectivity index (χ0v) is 10.1. The van der Waals surface area contributed by atoms with Crippen LogP contribution in [0.2, 0.25) is 0 Å². The van der Waals surface area contributed by atoms with E-state index in [0.29, 0.717) is 0 Å². The van der Waals surface area contributed by atoms with Crippen molar-refractivity contribution < 1.29 is 18.6 Å². The van der Waals surface area contributed by atoms with E-state index in [2.05, 4.69) is 20.3 Å². The number of rotatable bonds is 7. The van der Waals surface area contributed by atoms with Gasteiger partial charge in [-0.1, -0.05) is 0 Å². The van der Waals surface area contributed by atoms with E-state index in [1.807, 2.05) is 0 Å². The van der Waals surface area contributed by atoms with Gasteiger partial charge in [0.25, 0.3) is 6.43 Å². The van der Waals surface area contributed by atoms with Gasteiger partial charge in [-0.2, -0.15) is 15.0 Å². The number of alkyl halides is 2. The summed E-state index contributed by atoms with van der Waals surface area (Å²) in [6.45, 7) is -0.854. The lowest BCUT2D eigenvalue weighted by Gasteiger charge is -2.21. The number of aromatic nitrogens is 3. The quantitative estimate of drug-likeness (QED) is 0.715. The average molecular weight is 263 g/mol. The second-order valence-electron chi connectivity index (χ2n) is 3.26. The molecule has 1 rings (SSSR count). The first-order valence-electron chi connectivity index (χ1n) is 5.22. The minimum atomic E-state index is -2.56. The summed E-state index contributed by atoms with van der Waals surface area (Å²) in [5.74, 6) is 0.231. The van der Waals surface area contributed by atoms with Crippen molar-refractivity contribution in [3.8, 4) is 6.01 Å². The van der Waals surface area contributed by atoms with Crippen LogP contribution in [0.1, 0.15) is 0 Å². The SMILES string of the molecule is CNc1nc(OC)nc(N(CCO)CC(F)F)n1. The van der Waals surface area contributed by atoms with E-state index in [-0.39, 0.29) is 31.1 Å². The molecule has 0 amide bonds. The summed E-state index contributed by atoms with van der Waals surface area (Å²) < 4.78 is 29.7. The minimum Gasteiger partial charge on any atom is -0.467 e. The highest BCUT2D eigenvalue weighted by Crippen LogP contribution is 2.15. The van der Waals surface area contributed by atoms with Gasteiger partial charge in [-0.15, -0.1) is 0 Å². The fourth-order valence-corrected chi connectivity index (χ4v) is 1.25. The van der Waals surface area contributed by atoms with Gasteiger partial charge in [0.2, 0.25) is 11.9 Å². The van der Waals surface area contributed by atoms with E-state index in [0.717, 1.165) is 4.90 Å². The van der Waals surface area contributed by atoms with Crippen LogP contribution in [-0.2, 0) is 0 Å². The molecule has 0 bridgehead atoms. The van der Waals surface area contributed by atoms with Gasteiger partial charge >= 0.3 is 6.01 Å². The standard InChI is InChI=1S/C9H15F2N5O2/c1-12-7-13-8(15-9(14-7)18-2)16(3-4-17)5-6(10)11/h6,17H,3-5H2,1-2H3,(H,12,13,14,15). The molecule has 0 atom stereocenters. The maximum atomic E-state index is 12.4. The molecule has 2 N–H and O–H groups in total. The first kappa shape index (κ1) is 14.3. The van der Waals surface area contributed by atoms with Crippen molar-refractivity contribution in [3.63, 3.8) is 0 Å². The number of halogens is 2. The van der Waals surface area contributed by atoms with Gasteiger partial charge in [0, 0.05) is 13.6 Å². The van der Waals surface area contributed by atoms with E-state index < -0.39 is 13.0 Å². The van der Waals surface area contributed by atoms with Crippen molar-refractivity contribution in [3.05, 3.63) is 0 Å². The van der Waals surface area contributed by atoms with E-state index in [4.69, 9.17) is 9.84 Å². The fourth-order valence-electron chi connectivity index (χ4n) is 1.25. The molecule has 0 unspecified atom stereocenters. The molecule has 1 heterocycles. The third-order valence-corrected chi connectivity index (χ3v) is 2.02. The van der Waals surface area contributed by atoms with Crippen molar-refractivity contribution >= 4 is 11.9 Å². The Morgan fingerprint density at radius 3 is 2.61 bits per heavy atom. The summed E-state index contributed by atoms with van der Waals surface area (Å²) in [5.41, 5.74) is 0. The van der Waals surface area contributed by atoms with Gasteiger partial charge in [0.05, 0.1) is 20.3 Å². The Morgan fingerprint density at radius 2 is 2.11 bits per heavy atom. The topological polar surface area (TPSA) is 83.4 Å². The number of aliphatic hydroxyl groups excluding tert-OH is 1. The Morgan fingerprint density at radius 1 is 1.39 bits per heavy atom. The number of aliphatic hydroxyl groups is 1. The molecule has 9 heteroatoms.